The molecule has 2 atom stereocenters. The minimum Gasteiger partial charge on any atom is -0.469 e. The van der Waals surface area contributed by atoms with Gasteiger partial charge in [0.15, 0.2) is 0 Å². The van der Waals surface area contributed by atoms with Crippen molar-refractivity contribution in [1.82, 2.24) is 4.98 Å². The molecule has 0 aliphatic rings. The van der Waals surface area contributed by atoms with Crippen LogP contribution >= 0.6 is 31.9 Å². The predicted molar refractivity (Wildman–Crippen MR) is 70.4 cm³/mol. The SMILES string of the molecule is CCC(C(=O)OC)C(O)c1ncc(Br)cc1Br. The number of aliphatic hydroxyl groups is 1. The Morgan fingerprint density at radius 3 is 2.71 bits per heavy atom. The molecule has 0 saturated heterocycles. The van der Waals surface area contributed by atoms with Gasteiger partial charge in [-0.1, -0.05) is 6.92 Å². The normalized spacial score (nSPS) is 14.2. The summed E-state index contributed by atoms with van der Waals surface area (Å²) in [6.07, 6.45) is 1.08. The summed E-state index contributed by atoms with van der Waals surface area (Å²) in [7, 11) is 1.31. The van der Waals surface area contributed by atoms with Gasteiger partial charge in [0.2, 0.25) is 0 Å². The summed E-state index contributed by atoms with van der Waals surface area (Å²) in [5, 5.41) is 10.1. The number of halogens is 2. The highest BCUT2D eigenvalue weighted by Crippen LogP contribution is 2.30. The highest BCUT2D eigenvalue weighted by molar-refractivity contribution is 9.11. The first-order valence-electron chi connectivity index (χ1n) is 5.08. The first-order valence-corrected chi connectivity index (χ1v) is 6.66. The Bertz CT molecular complexity index is 412. The number of ether oxygens (including phenoxy) is 1. The zero-order chi connectivity index (χ0) is 13.0. The van der Waals surface area contributed by atoms with Crippen molar-refractivity contribution in [3.63, 3.8) is 0 Å². The van der Waals surface area contributed by atoms with Gasteiger partial charge in [-0.15, -0.1) is 0 Å². The number of aromatic nitrogens is 1. The molecule has 0 radical (unpaired) electrons. The molecule has 94 valence electrons. The first-order chi connectivity index (χ1) is 8.01. The average Bonchev–Trinajstić information content (AvgIpc) is 2.29. The Morgan fingerprint density at radius 1 is 1.59 bits per heavy atom. The number of nitrogens with zero attached hydrogens (tertiary/aromatic N) is 1. The number of hydrogen-bond acceptors (Lipinski definition) is 4. The largest absolute Gasteiger partial charge is 0.469 e. The molecule has 0 spiro atoms. The molecule has 1 aromatic heterocycles. The summed E-state index contributed by atoms with van der Waals surface area (Å²) in [5.74, 6) is -1.04. The molecule has 0 aliphatic heterocycles. The quantitative estimate of drug-likeness (QED) is 0.832. The van der Waals surface area contributed by atoms with Crippen LogP contribution in [0.1, 0.15) is 25.1 Å². The Labute approximate surface area is 117 Å². The van der Waals surface area contributed by atoms with Crippen LogP contribution in [0, 0.1) is 5.92 Å². The number of aliphatic hydroxyl groups excluding tert-OH is 1. The van der Waals surface area contributed by atoms with E-state index in [1.807, 2.05) is 6.92 Å². The zero-order valence-electron chi connectivity index (χ0n) is 9.48. The summed E-state index contributed by atoms with van der Waals surface area (Å²) in [6, 6.07) is 1.77. The summed E-state index contributed by atoms with van der Waals surface area (Å²) >= 11 is 6.59. The topological polar surface area (TPSA) is 59.4 Å². The summed E-state index contributed by atoms with van der Waals surface area (Å²) in [5.41, 5.74) is 0.436. The lowest BCUT2D eigenvalue weighted by atomic mass is 9.97. The van der Waals surface area contributed by atoms with Crippen LogP contribution in [-0.2, 0) is 9.53 Å². The highest BCUT2D eigenvalue weighted by Gasteiger charge is 2.29. The van der Waals surface area contributed by atoms with E-state index in [0.29, 0.717) is 16.6 Å². The second kappa shape index (κ2) is 6.47. The maximum Gasteiger partial charge on any atom is 0.311 e. The van der Waals surface area contributed by atoms with E-state index in [-0.39, 0.29) is 0 Å². The monoisotopic (exact) mass is 365 g/mol. The minimum atomic E-state index is -0.977. The van der Waals surface area contributed by atoms with Gasteiger partial charge in [0.1, 0.15) is 6.10 Å². The van der Waals surface area contributed by atoms with Crippen molar-refractivity contribution in [2.24, 2.45) is 5.92 Å². The molecule has 0 aromatic carbocycles. The molecule has 0 amide bonds. The Kier molecular flexibility index (Phi) is 5.55. The van der Waals surface area contributed by atoms with E-state index in [1.165, 1.54) is 7.11 Å². The molecule has 17 heavy (non-hydrogen) atoms. The van der Waals surface area contributed by atoms with Gasteiger partial charge in [-0.3, -0.25) is 9.78 Å². The van der Waals surface area contributed by atoms with Crippen LogP contribution in [-0.4, -0.2) is 23.2 Å². The second-order valence-electron chi connectivity index (χ2n) is 3.50. The van der Waals surface area contributed by atoms with Gasteiger partial charge in [0.25, 0.3) is 0 Å². The van der Waals surface area contributed by atoms with E-state index >= 15 is 0 Å². The summed E-state index contributed by atoms with van der Waals surface area (Å²) in [6.45, 7) is 1.82. The van der Waals surface area contributed by atoms with E-state index in [2.05, 4.69) is 41.6 Å². The van der Waals surface area contributed by atoms with Gasteiger partial charge in [-0.05, 0) is 44.3 Å². The molecule has 6 heteroatoms. The van der Waals surface area contributed by atoms with E-state index in [4.69, 9.17) is 0 Å². The molecule has 0 fully saturated rings. The number of hydrogen-bond donors (Lipinski definition) is 1. The third kappa shape index (κ3) is 3.50. The number of rotatable bonds is 4. The van der Waals surface area contributed by atoms with Gasteiger partial charge >= 0.3 is 5.97 Å². The van der Waals surface area contributed by atoms with E-state index in [9.17, 15) is 9.90 Å². The molecule has 4 nitrogen and oxygen atoms in total. The van der Waals surface area contributed by atoms with Gasteiger partial charge in [0, 0.05) is 15.1 Å². The van der Waals surface area contributed by atoms with Gasteiger partial charge in [-0.25, -0.2) is 0 Å². The predicted octanol–water partition coefficient (Wildman–Crippen LogP) is 2.84. The maximum absolute atomic E-state index is 11.5. The van der Waals surface area contributed by atoms with Crippen LogP contribution in [0.15, 0.2) is 21.2 Å². The second-order valence-corrected chi connectivity index (χ2v) is 5.27. The molecule has 0 aliphatic carbocycles. The molecule has 1 rings (SSSR count). The van der Waals surface area contributed by atoms with Crippen molar-refractivity contribution in [3.8, 4) is 0 Å². The van der Waals surface area contributed by atoms with E-state index in [0.717, 1.165) is 4.47 Å². The average molecular weight is 367 g/mol. The molecule has 2 unspecified atom stereocenters. The Balaban J connectivity index is 3.01. The minimum absolute atomic E-state index is 0.434. The van der Waals surface area contributed by atoms with Crippen LogP contribution in [0.4, 0.5) is 0 Å². The number of carbonyl (C=O) groups excluding carboxylic acids is 1. The standard InChI is InChI=1S/C11H13Br2NO3/c1-3-7(11(16)17-2)10(15)9-8(13)4-6(12)5-14-9/h4-5,7,10,15H,3H2,1-2H3. The fourth-order valence-corrected chi connectivity index (χ4v) is 2.73. The molecule has 1 aromatic rings. The molecule has 0 bridgehead atoms. The summed E-state index contributed by atoms with van der Waals surface area (Å²) < 4.78 is 6.11. The third-order valence-electron chi connectivity index (χ3n) is 2.44. The van der Waals surface area contributed by atoms with Crippen molar-refractivity contribution >= 4 is 37.8 Å². The third-order valence-corrected chi connectivity index (χ3v) is 3.51. The van der Waals surface area contributed by atoms with Gasteiger partial charge in [-0.2, -0.15) is 0 Å². The smallest absolute Gasteiger partial charge is 0.311 e. The van der Waals surface area contributed by atoms with Crippen LogP contribution < -0.4 is 0 Å². The van der Waals surface area contributed by atoms with Crippen LogP contribution in [0.3, 0.4) is 0 Å². The molecule has 0 saturated carbocycles. The van der Waals surface area contributed by atoms with Crippen molar-refractivity contribution < 1.29 is 14.6 Å². The molecule has 1 N–H and O–H groups in total. The van der Waals surface area contributed by atoms with Crippen LogP contribution in [0.5, 0.6) is 0 Å². The van der Waals surface area contributed by atoms with Crippen molar-refractivity contribution in [3.05, 3.63) is 26.9 Å². The molecular weight excluding hydrogens is 354 g/mol. The molecule has 1 heterocycles. The van der Waals surface area contributed by atoms with E-state index < -0.39 is 18.0 Å². The lowest BCUT2D eigenvalue weighted by Gasteiger charge is -2.19. The maximum atomic E-state index is 11.5. The number of esters is 1. The summed E-state index contributed by atoms with van der Waals surface area (Å²) in [4.78, 5) is 15.6. The van der Waals surface area contributed by atoms with E-state index in [1.54, 1.807) is 12.3 Å². The van der Waals surface area contributed by atoms with Crippen LogP contribution in [0.25, 0.3) is 0 Å². The molecular formula is C11H13Br2NO3. The fraction of sp³-hybridized carbons (Fsp3) is 0.455. The van der Waals surface area contributed by atoms with Crippen molar-refractivity contribution in [1.29, 1.82) is 0 Å². The Morgan fingerprint density at radius 2 is 2.24 bits per heavy atom. The van der Waals surface area contributed by atoms with Gasteiger partial charge in [0.05, 0.1) is 18.7 Å². The first kappa shape index (κ1) is 14.6. The zero-order valence-corrected chi connectivity index (χ0v) is 12.7. The lowest BCUT2D eigenvalue weighted by molar-refractivity contribution is -0.149. The number of carbonyl (C=O) groups is 1. The van der Waals surface area contributed by atoms with Crippen molar-refractivity contribution in [2.45, 2.75) is 19.4 Å². The number of methoxy groups -OCH3 is 1. The van der Waals surface area contributed by atoms with Gasteiger partial charge < -0.3 is 9.84 Å². The Hall–Kier alpha value is -0.460. The lowest BCUT2D eigenvalue weighted by Crippen LogP contribution is -2.24. The van der Waals surface area contributed by atoms with Crippen molar-refractivity contribution in [2.75, 3.05) is 7.11 Å². The highest BCUT2D eigenvalue weighted by atomic mass is 79.9. The fourth-order valence-electron chi connectivity index (χ4n) is 1.50. The number of pyridine rings is 1. The van der Waals surface area contributed by atoms with Crippen LogP contribution in [0.2, 0.25) is 0 Å².